The van der Waals surface area contributed by atoms with Crippen molar-refractivity contribution in [2.75, 3.05) is 38.0 Å². The van der Waals surface area contributed by atoms with Gasteiger partial charge in [-0.15, -0.1) is 0 Å². The van der Waals surface area contributed by atoms with Crippen molar-refractivity contribution in [2.24, 2.45) is 5.73 Å². The summed E-state index contributed by atoms with van der Waals surface area (Å²) >= 11 is 0. The van der Waals surface area contributed by atoms with E-state index < -0.39 is 0 Å². The Bertz CT molecular complexity index is 595. The molecule has 0 aromatic heterocycles. The first kappa shape index (κ1) is 15.0. The summed E-state index contributed by atoms with van der Waals surface area (Å²) in [4.78, 5) is 17.5. The molecule has 2 fully saturated rings. The van der Waals surface area contributed by atoms with E-state index in [-0.39, 0.29) is 5.91 Å². The molecule has 3 N–H and O–H groups in total. The van der Waals surface area contributed by atoms with Crippen molar-refractivity contribution in [3.05, 3.63) is 29.3 Å². The molecule has 23 heavy (non-hydrogen) atoms. The van der Waals surface area contributed by atoms with E-state index in [1.807, 2.05) is 17.0 Å². The van der Waals surface area contributed by atoms with Crippen LogP contribution in [0.1, 0.15) is 35.2 Å². The second kappa shape index (κ2) is 6.13. The second-order valence-electron chi connectivity index (χ2n) is 7.08. The van der Waals surface area contributed by atoms with Crippen LogP contribution in [0.15, 0.2) is 18.2 Å². The van der Waals surface area contributed by atoms with Crippen LogP contribution in [0.4, 0.5) is 5.69 Å². The van der Waals surface area contributed by atoms with Crippen molar-refractivity contribution in [1.82, 2.24) is 9.80 Å². The van der Waals surface area contributed by atoms with Crippen LogP contribution in [0, 0.1) is 0 Å². The lowest BCUT2D eigenvalue weighted by molar-refractivity contribution is 0.0768. The molecular formula is C18H26N4O. The van der Waals surface area contributed by atoms with Gasteiger partial charge in [0.05, 0.1) is 0 Å². The molecule has 5 nitrogen and oxygen atoms in total. The Morgan fingerprint density at radius 1 is 1.17 bits per heavy atom. The van der Waals surface area contributed by atoms with Gasteiger partial charge in [0.1, 0.15) is 0 Å². The molecule has 5 heteroatoms. The molecule has 0 spiro atoms. The average molecular weight is 314 g/mol. The fourth-order valence-electron chi connectivity index (χ4n) is 4.22. The Kier molecular flexibility index (Phi) is 3.99. The van der Waals surface area contributed by atoms with Crippen LogP contribution in [-0.4, -0.2) is 60.5 Å². The molecule has 3 aliphatic heterocycles. The summed E-state index contributed by atoms with van der Waals surface area (Å²) in [5.41, 5.74) is 9.23. The van der Waals surface area contributed by atoms with Crippen LogP contribution in [0.3, 0.4) is 0 Å². The summed E-state index contributed by atoms with van der Waals surface area (Å²) in [6, 6.07) is 6.93. The third kappa shape index (κ3) is 2.83. The van der Waals surface area contributed by atoms with Gasteiger partial charge in [-0.3, -0.25) is 9.69 Å². The number of carbonyl (C=O) groups excluding carboxylic acids is 1. The predicted molar refractivity (Wildman–Crippen MR) is 91.7 cm³/mol. The van der Waals surface area contributed by atoms with Crippen molar-refractivity contribution in [3.63, 3.8) is 0 Å². The number of piperidine rings is 1. The fourth-order valence-corrected chi connectivity index (χ4v) is 4.22. The second-order valence-corrected chi connectivity index (χ2v) is 7.08. The summed E-state index contributed by atoms with van der Waals surface area (Å²) in [6.07, 6.45) is 4.22. The Morgan fingerprint density at radius 3 is 2.83 bits per heavy atom. The van der Waals surface area contributed by atoms with Crippen molar-refractivity contribution in [2.45, 2.75) is 37.8 Å². The van der Waals surface area contributed by atoms with E-state index in [2.05, 4.69) is 16.3 Å². The number of hydrogen-bond donors (Lipinski definition) is 2. The largest absolute Gasteiger partial charge is 0.384 e. The van der Waals surface area contributed by atoms with E-state index in [9.17, 15) is 4.79 Å². The lowest BCUT2D eigenvalue weighted by atomic mass is 10.0. The molecule has 1 amide bonds. The van der Waals surface area contributed by atoms with Crippen molar-refractivity contribution in [1.29, 1.82) is 0 Å². The highest BCUT2D eigenvalue weighted by molar-refractivity contribution is 5.97. The minimum absolute atomic E-state index is 0.210. The number of nitrogens with two attached hydrogens (primary N) is 1. The Labute approximate surface area is 137 Å². The summed E-state index contributed by atoms with van der Waals surface area (Å²) in [6.45, 7) is 4.85. The van der Waals surface area contributed by atoms with Gasteiger partial charge in [0.2, 0.25) is 0 Å². The van der Waals surface area contributed by atoms with Gasteiger partial charge in [0, 0.05) is 43.0 Å². The number of anilines is 1. The molecule has 0 saturated carbocycles. The Hall–Kier alpha value is -1.59. The van der Waals surface area contributed by atoms with E-state index >= 15 is 0 Å². The van der Waals surface area contributed by atoms with E-state index in [1.54, 1.807) is 0 Å². The summed E-state index contributed by atoms with van der Waals surface area (Å²) in [5.74, 6) is 0.210. The smallest absolute Gasteiger partial charge is 0.254 e. The van der Waals surface area contributed by atoms with Crippen LogP contribution in [0.5, 0.6) is 0 Å². The van der Waals surface area contributed by atoms with E-state index in [0.29, 0.717) is 12.1 Å². The van der Waals surface area contributed by atoms with Crippen LogP contribution < -0.4 is 11.1 Å². The number of nitrogens with zero attached hydrogens (tertiary/aromatic N) is 2. The zero-order chi connectivity index (χ0) is 15.8. The van der Waals surface area contributed by atoms with Crippen LogP contribution in [0.25, 0.3) is 0 Å². The molecule has 4 rings (SSSR count). The lowest BCUT2D eigenvalue weighted by Crippen LogP contribution is -2.46. The number of hydrogen-bond acceptors (Lipinski definition) is 4. The van der Waals surface area contributed by atoms with Crippen molar-refractivity contribution < 1.29 is 4.79 Å². The normalized spacial score (nSPS) is 25.4. The number of carbonyl (C=O) groups is 1. The van der Waals surface area contributed by atoms with Crippen molar-refractivity contribution >= 4 is 11.6 Å². The van der Waals surface area contributed by atoms with Gasteiger partial charge >= 0.3 is 0 Å². The van der Waals surface area contributed by atoms with Gasteiger partial charge in [-0.1, -0.05) is 6.07 Å². The molecule has 2 saturated heterocycles. The molecule has 124 valence electrons. The van der Waals surface area contributed by atoms with Gasteiger partial charge < -0.3 is 16.0 Å². The maximum atomic E-state index is 12.9. The number of amides is 1. The van der Waals surface area contributed by atoms with Crippen LogP contribution >= 0.6 is 0 Å². The van der Waals surface area contributed by atoms with Gasteiger partial charge in [-0.25, -0.2) is 0 Å². The summed E-state index contributed by atoms with van der Waals surface area (Å²) in [7, 11) is 0. The maximum absolute atomic E-state index is 12.9. The van der Waals surface area contributed by atoms with Crippen LogP contribution in [-0.2, 0) is 6.42 Å². The molecule has 1 unspecified atom stereocenters. The highest BCUT2D eigenvalue weighted by Crippen LogP contribution is 2.28. The third-order valence-electron chi connectivity index (χ3n) is 5.64. The molecular weight excluding hydrogens is 288 g/mol. The Morgan fingerprint density at radius 2 is 2.00 bits per heavy atom. The van der Waals surface area contributed by atoms with E-state index in [0.717, 1.165) is 69.7 Å². The van der Waals surface area contributed by atoms with E-state index in [4.69, 9.17) is 5.73 Å². The topological polar surface area (TPSA) is 61.6 Å². The number of nitrogens with one attached hydrogen (secondary N) is 1. The lowest BCUT2D eigenvalue weighted by Gasteiger charge is -2.34. The van der Waals surface area contributed by atoms with Gasteiger partial charge in [0.15, 0.2) is 0 Å². The predicted octanol–water partition coefficient (Wildman–Crippen LogP) is 1.29. The molecule has 0 bridgehead atoms. The van der Waals surface area contributed by atoms with Crippen LogP contribution in [0.2, 0.25) is 0 Å². The molecule has 3 heterocycles. The molecule has 3 aliphatic rings. The first-order chi connectivity index (χ1) is 11.2. The third-order valence-corrected chi connectivity index (χ3v) is 5.64. The molecule has 1 atom stereocenters. The maximum Gasteiger partial charge on any atom is 0.254 e. The minimum Gasteiger partial charge on any atom is -0.384 e. The minimum atomic E-state index is 0.210. The first-order valence-electron chi connectivity index (χ1n) is 8.87. The number of fused-ring (bicyclic) bond motifs is 1. The molecule has 0 aliphatic carbocycles. The number of benzene rings is 1. The summed E-state index contributed by atoms with van der Waals surface area (Å²) < 4.78 is 0. The van der Waals surface area contributed by atoms with Gasteiger partial charge in [0.25, 0.3) is 5.91 Å². The zero-order valence-corrected chi connectivity index (χ0v) is 13.6. The standard InChI is InChI=1S/C18H26N4O/c19-13-5-9-21(10-6-13)14-7-11-22(12-14)18(23)16-2-1-3-17-15(16)4-8-20-17/h1-3,13-14,20H,4-12,19H2. The van der Waals surface area contributed by atoms with Gasteiger partial charge in [-0.05, 0) is 56.5 Å². The van der Waals surface area contributed by atoms with Crippen molar-refractivity contribution in [3.8, 4) is 0 Å². The zero-order valence-electron chi connectivity index (χ0n) is 13.6. The number of rotatable bonds is 2. The highest BCUT2D eigenvalue weighted by atomic mass is 16.2. The molecule has 1 aromatic rings. The Balaban J connectivity index is 1.44. The SMILES string of the molecule is NC1CCN(C2CCN(C(=O)c3cccc4c3CCN4)C2)CC1. The van der Waals surface area contributed by atoms with E-state index in [1.165, 1.54) is 5.56 Å². The highest BCUT2D eigenvalue weighted by Gasteiger charge is 2.33. The number of likely N-dealkylation sites (tertiary alicyclic amines) is 2. The fraction of sp³-hybridized carbons (Fsp3) is 0.611. The van der Waals surface area contributed by atoms with Gasteiger partial charge in [-0.2, -0.15) is 0 Å². The first-order valence-corrected chi connectivity index (χ1v) is 8.87. The quantitative estimate of drug-likeness (QED) is 0.863. The monoisotopic (exact) mass is 314 g/mol. The molecule has 0 radical (unpaired) electrons. The molecule has 1 aromatic carbocycles. The average Bonchev–Trinajstić information content (AvgIpc) is 3.23. The summed E-state index contributed by atoms with van der Waals surface area (Å²) in [5, 5.41) is 3.36.